The van der Waals surface area contributed by atoms with Gasteiger partial charge in [0.05, 0.1) is 12.7 Å². The maximum Gasteiger partial charge on any atom is 0.0550 e. The van der Waals surface area contributed by atoms with E-state index >= 15 is 0 Å². The molecule has 1 heteroatoms. The Bertz CT molecular complexity index is 209. The Morgan fingerprint density at radius 3 is 2.29 bits per heavy atom. The van der Waals surface area contributed by atoms with Crippen LogP contribution >= 0.6 is 0 Å². The van der Waals surface area contributed by atoms with Crippen LogP contribution in [-0.2, 0) is 4.74 Å². The largest absolute Gasteiger partial charge is 0.378 e. The van der Waals surface area contributed by atoms with Crippen molar-refractivity contribution in [3.05, 3.63) is 0 Å². The molecule has 0 aromatic carbocycles. The van der Waals surface area contributed by atoms with E-state index in [-0.39, 0.29) is 0 Å². The summed E-state index contributed by atoms with van der Waals surface area (Å²) in [5.74, 6) is 2.64. The van der Waals surface area contributed by atoms with Gasteiger partial charge in [-0.25, -0.2) is 0 Å². The highest BCUT2D eigenvalue weighted by Crippen LogP contribution is 2.52. The lowest BCUT2D eigenvalue weighted by atomic mass is 9.70. The van der Waals surface area contributed by atoms with Gasteiger partial charge >= 0.3 is 0 Å². The minimum atomic E-state index is 0.506. The van der Waals surface area contributed by atoms with E-state index in [4.69, 9.17) is 4.74 Å². The summed E-state index contributed by atoms with van der Waals surface area (Å²) < 4.78 is 5.71. The summed E-state index contributed by atoms with van der Waals surface area (Å²) in [5, 5.41) is 0. The fourth-order valence-electron chi connectivity index (χ4n) is 3.51. The standard InChI is InChI=1S/C13H24O/c1-9-5-6-12(13(9,3)4)11-7-10(2)14-8-11/h9-12H,5-8H2,1-4H3. The first-order valence-corrected chi connectivity index (χ1v) is 6.13. The highest BCUT2D eigenvalue weighted by molar-refractivity contribution is 4.94. The molecule has 0 N–H and O–H groups in total. The first-order chi connectivity index (χ1) is 6.51. The van der Waals surface area contributed by atoms with Crippen LogP contribution < -0.4 is 0 Å². The van der Waals surface area contributed by atoms with E-state index in [2.05, 4.69) is 27.7 Å². The third-order valence-electron chi connectivity index (χ3n) is 4.93. The van der Waals surface area contributed by atoms with Gasteiger partial charge in [-0.05, 0) is 49.4 Å². The van der Waals surface area contributed by atoms with Crippen molar-refractivity contribution < 1.29 is 4.74 Å². The van der Waals surface area contributed by atoms with Crippen LogP contribution in [0.15, 0.2) is 0 Å². The quantitative estimate of drug-likeness (QED) is 0.624. The molecule has 1 aliphatic carbocycles. The van der Waals surface area contributed by atoms with E-state index in [1.807, 2.05) is 0 Å². The molecule has 0 spiro atoms. The van der Waals surface area contributed by atoms with Gasteiger partial charge in [0.2, 0.25) is 0 Å². The molecule has 82 valence electrons. The second-order valence-electron chi connectivity index (χ2n) is 6.05. The molecule has 1 nitrogen and oxygen atoms in total. The molecule has 0 aromatic rings. The first-order valence-electron chi connectivity index (χ1n) is 6.13. The molecule has 2 rings (SSSR count). The predicted molar refractivity (Wildman–Crippen MR) is 59.2 cm³/mol. The number of hydrogen-bond acceptors (Lipinski definition) is 1. The summed E-state index contributed by atoms with van der Waals surface area (Å²) in [6, 6.07) is 0. The zero-order valence-corrected chi connectivity index (χ0v) is 10.0. The summed E-state index contributed by atoms with van der Waals surface area (Å²) in [6.45, 7) is 10.6. The average molecular weight is 196 g/mol. The Labute approximate surface area is 88.2 Å². The summed E-state index contributed by atoms with van der Waals surface area (Å²) in [4.78, 5) is 0. The molecular formula is C13H24O. The number of ether oxygens (including phenoxy) is 1. The van der Waals surface area contributed by atoms with Gasteiger partial charge in [0, 0.05) is 0 Å². The van der Waals surface area contributed by atoms with E-state index in [1.165, 1.54) is 19.3 Å². The molecule has 2 aliphatic rings. The van der Waals surface area contributed by atoms with Gasteiger partial charge in [0.1, 0.15) is 0 Å². The lowest BCUT2D eigenvalue weighted by molar-refractivity contribution is 0.0946. The second-order valence-corrected chi connectivity index (χ2v) is 6.05. The van der Waals surface area contributed by atoms with Crippen LogP contribution in [0.3, 0.4) is 0 Å². The van der Waals surface area contributed by atoms with Crippen molar-refractivity contribution >= 4 is 0 Å². The zero-order valence-electron chi connectivity index (χ0n) is 10.0. The number of rotatable bonds is 1. The molecular weight excluding hydrogens is 172 g/mol. The van der Waals surface area contributed by atoms with E-state index in [0.717, 1.165) is 24.4 Å². The van der Waals surface area contributed by atoms with Crippen molar-refractivity contribution in [1.29, 1.82) is 0 Å². The maximum absolute atomic E-state index is 5.71. The fourth-order valence-corrected chi connectivity index (χ4v) is 3.51. The van der Waals surface area contributed by atoms with E-state index < -0.39 is 0 Å². The van der Waals surface area contributed by atoms with Gasteiger partial charge in [0.25, 0.3) is 0 Å². The van der Waals surface area contributed by atoms with Crippen LogP contribution in [-0.4, -0.2) is 12.7 Å². The molecule has 14 heavy (non-hydrogen) atoms. The van der Waals surface area contributed by atoms with Crippen LogP contribution in [0.1, 0.15) is 47.0 Å². The number of hydrogen-bond donors (Lipinski definition) is 0. The molecule has 4 atom stereocenters. The Hall–Kier alpha value is -0.0400. The molecule has 4 unspecified atom stereocenters. The molecule has 1 aliphatic heterocycles. The van der Waals surface area contributed by atoms with E-state index in [1.54, 1.807) is 0 Å². The summed E-state index contributed by atoms with van der Waals surface area (Å²) in [6.07, 6.45) is 4.64. The van der Waals surface area contributed by atoms with Gasteiger partial charge in [-0.15, -0.1) is 0 Å². The summed E-state index contributed by atoms with van der Waals surface area (Å²) in [5.41, 5.74) is 0.540. The Kier molecular flexibility index (Phi) is 2.63. The molecule has 1 saturated carbocycles. The topological polar surface area (TPSA) is 9.23 Å². The van der Waals surface area contributed by atoms with E-state index in [0.29, 0.717) is 11.5 Å². The van der Waals surface area contributed by atoms with E-state index in [9.17, 15) is 0 Å². The van der Waals surface area contributed by atoms with Crippen LogP contribution in [0.25, 0.3) is 0 Å². The van der Waals surface area contributed by atoms with Crippen molar-refractivity contribution in [1.82, 2.24) is 0 Å². The van der Waals surface area contributed by atoms with Crippen LogP contribution in [0.4, 0.5) is 0 Å². The summed E-state index contributed by atoms with van der Waals surface area (Å²) >= 11 is 0. The predicted octanol–water partition coefficient (Wildman–Crippen LogP) is 3.48. The average Bonchev–Trinajstić information content (AvgIpc) is 2.60. The third kappa shape index (κ3) is 1.60. The normalized spacial score (nSPS) is 47.1. The van der Waals surface area contributed by atoms with Crippen molar-refractivity contribution in [3.63, 3.8) is 0 Å². The highest BCUT2D eigenvalue weighted by atomic mass is 16.5. The van der Waals surface area contributed by atoms with Crippen molar-refractivity contribution in [2.45, 2.75) is 53.1 Å². The third-order valence-corrected chi connectivity index (χ3v) is 4.93. The Morgan fingerprint density at radius 2 is 1.86 bits per heavy atom. The van der Waals surface area contributed by atoms with Crippen molar-refractivity contribution in [2.75, 3.05) is 6.61 Å². The molecule has 0 bridgehead atoms. The second kappa shape index (κ2) is 3.52. The van der Waals surface area contributed by atoms with Crippen LogP contribution in [0.5, 0.6) is 0 Å². The van der Waals surface area contributed by atoms with Crippen molar-refractivity contribution in [3.8, 4) is 0 Å². The maximum atomic E-state index is 5.71. The molecule has 1 saturated heterocycles. The summed E-state index contributed by atoms with van der Waals surface area (Å²) in [7, 11) is 0. The molecule has 0 aromatic heterocycles. The zero-order chi connectivity index (χ0) is 10.3. The lowest BCUT2D eigenvalue weighted by Crippen LogP contribution is -2.29. The van der Waals surface area contributed by atoms with Gasteiger partial charge in [0.15, 0.2) is 0 Å². The highest BCUT2D eigenvalue weighted by Gasteiger charge is 2.45. The minimum Gasteiger partial charge on any atom is -0.378 e. The van der Waals surface area contributed by atoms with Crippen LogP contribution in [0, 0.1) is 23.2 Å². The molecule has 0 radical (unpaired) electrons. The van der Waals surface area contributed by atoms with Crippen molar-refractivity contribution in [2.24, 2.45) is 23.2 Å². The van der Waals surface area contributed by atoms with Gasteiger partial charge < -0.3 is 4.74 Å². The fraction of sp³-hybridized carbons (Fsp3) is 1.00. The molecule has 0 amide bonds. The Morgan fingerprint density at radius 1 is 1.14 bits per heavy atom. The van der Waals surface area contributed by atoms with Gasteiger partial charge in [-0.2, -0.15) is 0 Å². The molecule has 2 fully saturated rings. The van der Waals surface area contributed by atoms with Gasteiger partial charge in [-0.1, -0.05) is 20.8 Å². The Balaban J connectivity index is 2.05. The van der Waals surface area contributed by atoms with Crippen LogP contribution in [0.2, 0.25) is 0 Å². The molecule has 1 heterocycles. The monoisotopic (exact) mass is 196 g/mol. The minimum absolute atomic E-state index is 0.506. The smallest absolute Gasteiger partial charge is 0.0550 e. The van der Waals surface area contributed by atoms with Gasteiger partial charge in [-0.3, -0.25) is 0 Å². The SMILES string of the molecule is CC1CC(C2CCC(C)C2(C)C)CO1. The first kappa shape index (κ1) is 10.5. The lowest BCUT2D eigenvalue weighted by Gasteiger charge is -2.34.